The predicted molar refractivity (Wildman–Crippen MR) is 70.3 cm³/mol. The van der Waals surface area contributed by atoms with Gasteiger partial charge in [-0.3, -0.25) is 4.79 Å². The Bertz CT molecular complexity index is 496. The van der Waals surface area contributed by atoms with Gasteiger partial charge in [0.25, 0.3) is 0 Å². The molecular weight excluding hydrogens is 295 g/mol. The van der Waals surface area contributed by atoms with Crippen LogP contribution in [0.2, 0.25) is 10.0 Å². The van der Waals surface area contributed by atoms with Crippen LogP contribution in [0.15, 0.2) is 18.2 Å². The highest BCUT2D eigenvalue weighted by Crippen LogP contribution is 2.28. The van der Waals surface area contributed by atoms with Gasteiger partial charge in [-0.05, 0) is 18.2 Å². The van der Waals surface area contributed by atoms with Crippen LogP contribution in [0.3, 0.4) is 0 Å². The molecule has 0 saturated carbocycles. The van der Waals surface area contributed by atoms with Crippen LogP contribution in [0.25, 0.3) is 0 Å². The van der Waals surface area contributed by atoms with Crippen LogP contribution in [0.4, 0.5) is 0 Å². The Kier molecular flexibility index (Phi) is 5.41. The highest BCUT2D eigenvalue weighted by atomic mass is 35.5. The Morgan fingerprint density at radius 1 is 1.37 bits per heavy atom. The minimum atomic E-state index is -1.44. The Balaban J connectivity index is 2.89. The van der Waals surface area contributed by atoms with Gasteiger partial charge in [-0.1, -0.05) is 23.2 Å². The number of carbonyl (C=O) groups excluding carboxylic acids is 1. The topological polar surface area (TPSA) is 116 Å². The van der Waals surface area contributed by atoms with Crippen molar-refractivity contribution in [1.82, 2.24) is 0 Å². The maximum atomic E-state index is 11.1. The summed E-state index contributed by atoms with van der Waals surface area (Å²) < 4.78 is 5.20. The molecule has 5 N–H and O–H groups in total. The summed E-state index contributed by atoms with van der Waals surface area (Å²) in [5.41, 5.74) is 10.5. The fourth-order valence-corrected chi connectivity index (χ4v) is 1.82. The van der Waals surface area contributed by atoms with Gasteiger partial charge in [-0.15, -0.1) is 0 Å². The summed E-state index contributed by atoms with van der Waals surface area (Å²) in [6, 6.07) is 3.22. The van der Waals surface area contributed by atoms with Crippen LogP contribution < -0.4 is 16.2 Å². The lowest BCUT2D eigenvalue weighted by atomic mass is 10.1. The third-order valence-corrected chi connectivity index (χ3v) is 2.75. The number of halogens is 2. The van der Waals surface area contributed by atoms with Crippen LogP contribution in [-0.2, 0) is 9.59 Å². The standard InChI is InChI=1S/C11H12Cl2N2O4/c12-5-1-2-8(6(13)3-5)19-10(11(17)18)7(14)4-9(15)16/h1-3,7,10H,4,14H2,(H2,15,16)(H,17,18). The number of benzene rings is 1. The van der Waals surface area contributed by atoms with Crippen LogP contribution in [0, 0.1) is 0 Å². The van der Waals surface area contributed by atoms with E-state index >= 15 is 0 Å². The van der Waals surface area contributed by atoms with E-state index in [-0.39, 0.29) is 17.2 Å². The van der Waals surface area contributed by atoms with Gasteiger partial charge in [0.1, 0.15) is 5.75 Å². The van der Waals surface area contributed by atoms with E-state index in [1.807, 2.05) is 0 Å². The zero-order chi connectivity index (χ0) is 14.6. The monoisotopic (exact) mass is 306 g/mol. The lowest BCUT2D eigenvalue weighted by Gasteiger charge is -2.21. The molecule has 0 aliphatic rings. The van der Waals surface area contributed by atoms with Gasteiger partial charge in [-0.25, -0.2) is 4.79 Å². The first-order chi connectivity index (χ1) is 8.81. The first-order valence-corrected chi connectivity index (χ1v) is 5.95. The average Bonchev–Trinajstić information content (AvgIpc) is 2.26. The minimum absolute atomic E-state index is 0.110. The molecule has 0 aliphatic carbocycles. The molecule has 8 heteroatoms. The number of ether oxygens (including phenoxy) is 1. The average molecular weight is 307 g/mol. The number of nitrogens with two attached hydrogens (primary N) is 2. The molecule has 0 spiro atoms. The molecule has 2 atom stereocenters. The third kappa shape index (κ3) is 4.59. The second-order valence-corrected chi connectivity index (χ2v) is 4.63. The number of hydrogen-bond donors (Lipinski definition) is 3. The maximum Gasteiger partial charge on any atom is 0.346 e. The van der Waals surface area contributed by atoms with Gasteiger partial charge < -0.3 is 21.3 Å². The summed E-state index contributed by atoms with van der Waals surface area (Å²) in [4.78, 5) is 21.8. The molecule has 6 nitrogen and oxygen atoms in total. The number of aliphatic carboxylic acids is 1. The van der Waals surface area contributed by atoms with E-state index in [0.29, 0.717) is 5.02 Å². The van der Waals surface area contributed by atoms with Gasteiger partial charge in [-0.2, -0.15) is 0 Å². The number of carboxylic acids is 1. The van der Waals surface area contributed by atoms with Crippen molar-refractivity contribution in [2.75, 3.05) is 0 Å². The van der Waals surface area contributed by atoms with E-state index in [9.17, 15) is 9.59 Å². The van der Waals surface area contributed by atoms with Gasteiger partial charge in [0.15, 0.2) is 0 Å². The normalized spacial score (nSPS) is 13.6. The number of hydrogen-bond acceptors (Lipinski definition) is 4. The van der Waals surface area contributed by atoms with Crippen LogP contribution >= 0.6 is 23.2 Å². The first-order valence-electron chi connectivity index (χ1n) is 5.19. The molecule has 1 amide bonds. The molecule has 2 unspecified atom stereocenters. The van der Waals surface area contributed by atoms with Crippen molar-refractivity contribution in [2.45, 2.75) is 18.6 Å². The fraction of sp³-hybridized carbons (Fsp3) is 0.273. The number of amides is 1. The Hall–Kier alpha value is -1.50. The highest BCUT2D eigenvalue weighted by Gasteiger charge is 2.29. The number of carboxylic acid groups (broad SMARTS) is 1. The van der Waals surface area contributed by atoms with Crippen molar-refractivity contribution < 1.29 is 19.4 Å². The summed E-state index contributed by atoms with van der Waals surface area (Å²) in [6.45, 7) is 0. The fourth-order valence-electron chi connectivity index (χ4n) is 1.37. The first kappa shape index (κ1) is 15.6. The van der Waals surface area contributed by atoms with Crippen molar-refractivity contribution in [3.8, 4) is 5.75 Å². The molecule has 0 fully saturated rings. The number of rotatable bonds is 6. The summed E-state index contributed by atoms with van der Waals surface area (Å²) in [7, 11) is 0. The van der Waals surface area contributed by atoms with Gasteiger partial charge in [0, 0.05) is 11.4 Å². The number of carbonyl (C=O) groups is 2. The van der Waals surface area contributed by atoms with Crippen molar-refractivity contribution >= 4 is 35.1 Å². The molecule has 1 aromatic rings. The van der Waals surface area contributed by atoms with Gasteiger partial charge in [0.05, 0.1) is 11.1 Å². The summed E-state index contributed by atoms with van der Waals surface area (Å²) >= 11 is 11.6. The quantitative estimate of drug-likeness (QED) is 0.726. The molecule has 19 heavy (non-hydrogen) atoms. The van der Waals surface area contributed by atoms with E-state index in [2.05, 4.69) is 0 Å². The van der Waals surface area contributed by atoms with E-state index < -0.39 is 24.0 Å². The molecule has 0 bridgehead atoms. The lowest BCUT2D eigenvalue weighted by molar-refractivity contribution is -0.146. The van der Waals surface area contributed by atoms with Gasteiger partial charge in [0.2, 0.25) is 12.0 Å². The molecule has 1 rings (SSSR count). The highest BCUT2D eigenvalue weighted by molar-refractivity contribution is 6.35. The van der Waals surface area contributed by atoms with E-state index in [0.717, 1.165) is 0 Å². The summed E-state index contributed by atoms with van der Waals surface area (Å²) in [5, 5.41) is 9.56. The van der Waals surface area contributed by atoms with Crippen molar-refractivity contribution in [2.24, 2.45) is 11.5 Å². The second-order valence-electron chi connectivity index (χ2n) is 3.79. The SMILES string of the molecule is NC(=O)CC(N)C(Oc1ccc(Cl)cc1Cl)C(=O)O. The zero-order valence-corrected chi connectivity index (χ0v) is 11.2. The van der Waals surface area contributed by atoms with E-state index in [4.69, 9.17) is 44.5 Å². The molecule has 104 valence electrons. The Morgan fingerprint density at radius 3 is 2.47 bits per heavy atom. The van der Waals surface area contributed by atoms with Crippen LogP contribution in [0.5, 0.6) is 5.75 Å². The van der Waals surface area contributed by atoms with Crippen LogP contribution in [-0.4, -0.2) is 29.1 Å². The van der Waals surface area contributed by atoms with Gasteiger partial charge >= 0.3 is 5.97 Å². The molecule has 0 aliphatic heterocycles. The largest absolute Gasteiger partial charge is 0.478 e. The lowest BCUT2D eigenvalue weighted by Crippen LogP contribution is -2.46. The molecule has 1 aromatic carbocycles. The zero-order valence-electron chi connectivity index (χ0n) is 9.68. The minimum Gasteiger partial charge on any atom is -0.478 e. The summed E-state index contributed by atoms with van der Waals surface area (Å²) in [5.74, 6) is -1.93. The maximum absolute atomic E-state index is 11.1. The number of primary amides is 1. The smallest absolute Gasteiger partial charge is 0.346 e. The molecule has 0 radical (unpaired) electrons. The molecular formula is C11H12Cl2N2O4. The van der Waals surface area contributed by atoms with Crippen LogP contribution in [0.1, 0.15) is 6.42 Å². The van der Waals surface area contributed by atoms with E-state index in [1.165, 1.54) is 18.2 Å². The predicted octanol–water partition coefficient (Wildman–Crippen LogP) is 1.03. The van der Waals surface area contributed by atoms with E-state index in [1.54, 1.807) is 0 Å². The molecule has 0 aromatic heterocycles. The second kappa shape index (κ2) is 6.60. The molecule has 0 saturated heterocycles. The Morgan fingerprint density at radius 2 is 2.00 bits per heavy atom. The third-order valence-electron chi connectivity index (χ3n) is 2.22. The van der Waals surface area contributed by atoms with Crippen molar-refractivity contribution in [3.05, 3.63) is 28.2 Å². The van der Waals surface area contributed by atoms with Crippen molar-refractivity contribution in [1.29, 1.82) is 0 Å². The van der Waals surface area contributed by atoms with Crippen molar-refractivity contribution in [3.63, 3.8) is 0 Å². The molecule has 0 heterocycles. The summed E-state index contributed by atoms with van der Waals surface area (Å²) in [6.07, 6.45) is -1.76. The Labute approximate surface area is 119 Å².